The van der Waals surface area contributed by atoms with Gasteiger partial charge in [-0.05, 0) is 35.9 Å². The van der Waals surface area contributed by atoms with Gasteiger partial charge in [-0.15, -0.1) is 11.6 Å². The summed E-state index contributed by atoms with van der Waals surface area (Å²) in [7, 11) is 0. The Balaban J connectivity index is 1.96. The van der Waals surface area contributed by atoms with Crippen LogP contribution in [-0.4, -0.2) is 13.2 Å². The molecule has 0 radical (unpaired) electrons. The summed E-state index contributed by atoms with van der Waals surface area (Å²) in [6.45, 7) is 1.24. The third-order valence-electron chi connectivity index (χ3n) is 3.30. The highest BCUT2D eigenvalue weighted by atomic mass is 79.9. The van der Waals surface area contributed by atoms with Gasteiger partial charge in [-0.2, -0.15) is 0 Å². The number of ether oxygens (including phenoxy) is 2. The van der Waals surface area contributed by atoms with Crippen LogP contribution in [0.3, 0.4) is 0 Å². The average Bonchev–Trinajstić information content (AvgIpc) is 2.73. The Labute approximate surface area is 136 Å². The van der Waals surface area contributed by atoms with Crippen molar-refractivity contribution in [2.45, 2.75) is 11.8 Å². The van der Waals surface area contributed by atoms with Crippen molar-refractivity contribution in [2.75, 3.05) is 13.2 Å². The zero-order chi connectivity index (χ0) is 14.8. The minimum atomic E-state index is -0.584. The zero-order valence-corrected chi connectivity index (χ0v) is 13.5. The molecule has 0 amide bonds. The normalized spacial score (nSPS) is 15.4. The summed E-state index contributed by atoms with van der Waals surface area (Å²) in [5.74, 6) is 1.03. The molecule has 0 aromatic heterocycles. The van der Waals surface area contributed by atoms with E-state index in [4.69, 9.17) is 21.1 Å². The van der Waals surface area contributed by atoms with E-state index in [9.17, 15) is 4.39 Å². The van der Waals surface area contributed by atoms with Gasteiger partial charge in [0.1, 0.15) is 5.82 Å². The molecular formula is C16H13BrClFO2. The lowest BCUT2D eigenvalue weighted by Gasteiger charge is -2.14. The van der Waals surface area contributed by atoms with Gasteiger partial charge in [-0.25, -0.2) is 4.39 Å². The maximum atomic E-state index is 13.9. The Morgan fingerprint density at radius 1 is 1.05 bits per heavy atom. The monoisotopic (exact) mass is 370 g/mol. The summed E-state index contributed by atoms with van der Waals surface area (Å²) >= 11 is 9.77. The predicted octanol–water partition coefficient (Wildman–Crippen LogP) is 5.08. The molecule has 1 unspecified atom stereocenters. The summed E-state index contributed by atoms with van der Waals surface area (Å²) in [5.41, 5.74) is 1.21. The second-order valence-electron chi connectivity index (χ2n) is 4.79. The van der Waals surface area contributed by atoms with E-state index in [-0.39, 0.29) is 5.82 Å². The van der Waals surface area contributed by atoms with Crippen LogP contribution in [0.4, 0.5) is 4.39 Å². The molecule has 5 heteroatoms. The second kappa shape index (κ2) is 6.24. The third kappa shape index (κ3) is 3.16. The molecule has 0 N–H and O–H groups in total. The molecule has 2 aromatic carbocycles. The lowest BCUT2D eigenvalue weighted by molar-refractivity contribution is 0.297. The fourth-order valence-corrected chi connectivity index (χ4v) is 2.91. The van der Waals surface area contributed by atoms with E-state index < -0.39 is 5.38 Å². The summed E-state index contributed by atoms with van der Waals surface area (Å²) in [6, 6.07) is 10.2. The van der Waals surface area contributed by atoms with Crippen LogP contribution >= 0.6 is 27.5 Å². The largest absolute Gasteiger partial charge is 0.490 e. The minimum absolute atomic E-state index is 0.328. The molecule has 0 saturated heterocycles. The van der Waals surface area contributed by atoms with Crippen molar-refractivity contribution in [1.29, 1.82) is 0 Å². The first-order chi connectivity index (χ1) is 10.1. The molecule has 1 heterocycles. The molecule has 0 bridgehead atoms. The van der Waals surface area contributed by atoms with Gasteiger partial charge in [0.2, 0.25) is 0 Å². The molecule has 0 spiro atoms. The Kier molecular flexibility index (Phi) is 4.36. The van der Waals surface area contributed by atoms with Gasteiger partial charge in [0.25, 0.3) is 0 Å². The maximum Gasteiger partial charge on any atom is 0.161 e. The number of hydrogen-bond donors (Lipinski definition) is 0. The van der Waals surface area contributed by atoms with E-state index in [0.717, 1.165) is 16.5 Å². The fourth-order valence-electron chi connectivity index (χ4n) is 2.23. The van der Waals surface area contributed by atoms with Crippen LogP contribution in [0.15, 0.2) is 40.9 Å². The van der Waals surface area contributed by atoms with Gasteiger partial charge in [-0.1, -0.05) is 22.0 Å². The van der Waals surface area contributed by atoms with Crippen LogP contribution in [0.25, 0.3) is 0 Å². The quantitative estimate of drug-likeness (QED) is 0.686. The van der Waals surface area contributed by atoms with Crippen molar-refractivity contribution in [3.8, 4) is 11.5 Å². The van der Waals surface area contributed by atoms with Crippen LogP contribution in [0.5, 0.6) is 11.5 Å². The van der Waals surface area contributed by atoms with Crippen LogP contribution in [0.2, 0.25) is 0 Å². The second-order valence-corrected chi connectivity index (χ2v) is 6.14. The highest BCUT2D eigenvalue weighted by molar-refractivity contribution is 9.10. The van der Waals surface area contributed by atoms with Gasteiger partial charge in [0, 0.05) is 16.5 Å². The Morgan fingerprint density at radius 3 is 2.62 bits per heavy atom. The number of hydrogen-bond acceptors (Lipinski definition) is 2. The summed E-state index contributed by atoms with van der Waals surface area (Å²) < 4.78 is 26.0. The molecule has 2 aromatic rings. The minimum Gasteiger partial charge on any atom is -0.490 e. The first kappa shape index (κ1) is 14.7. The Hall–Kier alpha value is -1.26. The van der Waals surface area contributed by atoms with Gasteiger partial charge >= 0.3 is 0 Å². The molecule has 0 fully saturated rings. The third-order valence-corrected chi connectivity index (χ3v) is 4.28. The zero-order valence-electron chi connectivity index (χ0n) is 11.1. The molecule has 0 aliphatic carbocycles. The molecule has 3 rings (SSSR count). The summed E-state index contributed by atoms with van der Waals surface area (Å²) in [4.78, 5) is 0. The van der Waals surface area contributed by atoms with Crippen molar-refractivity contribution < 1.29 is 13.9 Å². The Bertz CT molecular complexity index is 663. The lowest BCUT2D eigenvalue weighted by atomic mass is 10.0. The van der Waals surface area contributed by atoms with Gasteiger partial charge in [0.15, 0.2) is 11.5 Å². The van der Waals surface area contributed by atoms with E-state index in [1.54, 1.807) is 12.1 Å². The highest BCUT2D eigenvalue weighted by Gasteiger charge is 2.19. The molecule has 0 saturated carbocycles. The number of rotatable bonds is 2. The van der Waals surface area contributed by atoms with Crippen LogP contribution in [0.1, 0.15) is 22.9 Å². The van der Waals surface area contributed by atoms with Gasteiger partial charge in [0.05, 0.1) is 18.6 Å². The number of benzene rings is 2. The summed E-state index contributed by atoms with van der Waals surface area (Å²) in [5, 5.41) is -0.584. The van der Waals surface area contributed by atoms with Crippen LogP contribution < -0.4 is 9.47 Å². The molecular weight excluding hydrogens is 359 g/mol. The molecule has 110 valence electrons. The molecule has 1 atom stereocenters. The fraction of sp³-hybridized carbons (Fsp3) is 0.250. The van der Waals surface area contributed by atoms with Crippen molar-refractivity contribution in [1.82, 2.24) is 0 Å². The van der Waals surface area contributed by atoms with Crippen molar-refractivity contribution in [3.63, 3.8) is 0 Å². The number of alkyl halides is 1. The van der Waals surface area contributed by atoms with E-state index >= 15 is 0 Å². The first-order valence-corrected chi connectivity index (χ1v) is 7.86. The van der Waals surface area contributed by atoms with Gasteiger partial charge < -0.3 is 9.47 Å². The van der Waals surface area contributed by atoms with Crippen LogP contribution in [-0.2, 0) is 0 Å². The average molecular weight is 372 g/mol. The van der Waals surface area contributed by atoms with Crippen molar-refractivity contribution >= 4 is 27.5 Å². The Morgan fingerprint density at radius 2 is 1.81 bits per heavy atom. The topological polar surface area (TPSA) is 18.5 Å². The SMILES string of the molecule is Fc1ccc(Br)cc1C(Cl)c1ccc2c(c1)OCCCO2. The van der Waals surface area contributed by atoms with Crippen LogP contribution in [0, 0.1) is 5.82 Å². The lowest BCUT2D eigenvalue weighted by Crippen LogP contribution is -1.99. The molecule has 2 nitrogen and oxygen atoms in total. The predicted molar refractivity (Wildman–Crippen MR) is 83.8 cm³/mol. The summed E-state index contributed by atoms with van der Waals surface area (Å²) in [6.07, 6.45) is 0.842. The van der Waals surface area contributed by atoms with E-state index in [1.165, 1.54) is 6.07 Å². The highest BCUT2D eigenvalue weighted by Crippen LogP contribution is 2.37. The standard InChI is InChI=1S/C16H13BrClFO2/c17-11-3-4-13(19)12(9-11)16(18)10-2-5-14-15(8-10)21-7-1-6-20-14/h2-5,8-9,16H,1,6-7H2. The van der Waals surface area contributed by atoms with E-state index in [0.29, 0.717) is 30.3 Å². The van der Waals surface area contributed by atoms with E-state index in [2.05, 4.69) is 15.9 Å². The molecule has 1 aliphatic heterocycles. The smallest absolute Gasteiger partial charge is 0.161 e. The molecule has 21 heavy (non-hydrogen) atoms. The number of halogens is 3. The first-order valence-electron chi connectivity index (χ1n) is 6.64. The molecule has 1 aliphatic rings. The maximum absolute atomic E-state index is 13.9. The van der Waals surface area contributed by atoms with Gasteiger partial charge in [-0.3, -0.25) is 0 Å². The van der Waals surface area contributed by atoms with Crippen molar-refractivity contribution in [2.24, 2.45) is 0 Å². The van der Waals surface area contributed by atoms with E-state index in [1.807, 2.05) is 18.2 Å². The van der Waals surface area contributed by atoms with Crippen molar-refractivity contribution in [3.05, 3.63) is 57.8 Å². The number of fused-ring (bicyclic) bond motifs is 1.